The van der Waals surface area contributed by atoms with Crippen LogP contribution in [0.4, 0.5) is 22.0 Å². The topological polar surface area (TPSA) is 45.8 Å². The fourth-order valence-electron chi connectivity index (χ4n) is 4.70. The van der Waals surface area contributed by atoms with E-state index in [0.717, 1.165) is 12.1 Å². The van der Waals surface area contributed by atoms with Gasteiger partial charge in [-0.05, 0) is 50.5 Å². The van der Waals surface area contributed by atoms with Gasteiger partial charge in [0, 0.05) is 17.8 Å². The van der Waals surface area contributed by atoms with E-state index < -0.39 is 34.7 Å². The summed E-state index contributed by atoms with van der Waals surface area (Å²) in [5.74, 6) is -3.67. The first-order valence-electron chi connectivity index (χ1n) is 9.19. The summed E-state index contributed by atoms with van der Waals surface area (Å²) in [4.78, 5) is 12.4. The summed E-state index contributed by atoms with van der Waals surface area (Å²) in [5, 5.41) is 9.20. The zero-order chi connectivity index (χ0) is 20.3. The molecule has 0 saturated heterocycles. The zero-order valence-corrected chi connectivity index (χ0v) is 14.8. The second-order valence-corrected chi connectivity index (χ2v) is 7.83. The molecule has 1 aromatic carbocycles. The van der Waals surface area contributed by atoms with Gasteiger partial charge in [-0.2, -0.15) is 18.4 Å². The third-order valence-electron chi connectivity index (χ3n) is 6.36. The highest BCUT2D eigenvalue weighted by molar-refractivity contribution is 5.81. The van der Waals surface area contributed by atoms with Gasteiger partial charge in [-0.15, -0.1) is 0 Å². The van der Waals surface area contributed by atoms with Crippen LogP contribution < -0.4 is 5.43 Å². The van der Waals surface area contributed by atoms with E-state index in [1.807, 2.05) is 0 Å². The standard InChI is InChI=1S/C20H17F5N2O/c21-15-7-14-17(8-16(15)22)27(10-11(9-26)18(14)28)19(5-6-19)12-1-3-13(4-2-12)20(23,24)25/h7-8,10,12-13H,1-6H2. The van der Waals surface area contributed by atoms with Gasteiger partial charge in [-0.3, -0.25) is 4.79 Å². The van der Waals surface area contributed by atoms with Gasteiger partial charge < -0.3 is 4.57 Å². The molecule has 0 unspecified atom stereocenters. The van der Waals surface area contributed by atoms with E-state index in [9.17, 15) is 32.0 Å². The third-order valence-corrected chi connectivity index (χ3v) is 6.36. The lowest BCUT2D eigenvalue weighted by Gasteiger charge is -2.37. The van der Waals surface area contributed by atoms with E-state index in [1.54, 1.807) is 10.6 Å². The van der Waals surface area contributed by atoms with Crippen LogP contribution in [-0.2, 0) is 5.54 Å². The van der Waals surface area contributed by atoms with Gasteiger partial charge in [0.25, 0.3) is 0 Å². The number of benzene rings is 1. The number of aromatic nitrogens is 1. The molecule has 28 heavy (non-hydrogen) atoms. The van der Waals surface area contributed by atoms with Gasteiger partial charge in [-0.1, -0.05) is 0 Å². The molecular weight excluding hydrogens is 379 g/mol. The first-order valence-corrected chi connectivity index (χ1v) is 9.19. The third kappa shape index (κ3) is 2.88. The lowest BCUT2D eigenvalue weighted by Crippen LogP contribution is -2.35. The first kappa shape index (κ1) is 18.9. The maximum absolute atomic E-state index is 13.9. The number of nitriles is 1. The molecule has 0 amide bonds. The SMILES string of the molecule is N#Cc1cn(C2(C3CCC(C(F)(F)F)CC3)CC2)c2cc(F)c(F)cc2c1=O. The minimum absolute atomic E-state index is 0.0299. The number of nitrogens with zero attached hydrogens (tertiary/aromatic N) is 2. The molecule has 0 spiro atoms. The molecule has 0 atom stereocenters. The van der Waals surface area contributed by atoms with Gasteiger partial charge in [0.2, 0.25) is 5.43 Å². The smallest absolute Gasteiger partial charge is 0.339 e. The molecule has 0 radical (unpaired) electrons. The fraction of sp³-hybridized carbons (Fsp3) is 0.500. The van der Waals surface area contributed by atoms with Crippen LogP contribution in [0, 0.1) is 34.8 Å². The van der Waals surface area contributed by atoms with Gasteiger partial charge in [0.05, 0.1) is 16.8 Å². The van der Waals surface area contributed by atoms with Gasteiger partial charge in [0.1, 0.15) is 11.6 Å². The largest absolute Gasteiger partial charge is 0.391 e. The molecule has 0 aliphatic heterocycles. The van der Waals surface area contributed by atoms with Crippen molar-refractivity contribution in [3.63, 3.8) is 0 Å². The summed E-state index contributed by atoms with van der Waals surface area (Å²) in [7, 11) is 0. The Labute approximate surface area is 157 Å². The van der Waals surface area contributed by atoms with Crippen LogP contribution in [0.25, 0.3) is 10.9 Å². The summed E-state index contributed by atoms with van der Waals surface area (Å²) < 4.78 is 68.2. The zero-order valence-electron chi connectivity index (χ0n) is 14.8. The number of halogens is 5. The van der Waals surface area contributed by atoms with E-state index in [0.29, 0.717) is 25.7 Å². The van der Waals surface area contributed by atoms with Crippen LogP contribution in [0.2, 0.25) is 0 Å². The van der Waals surface area contributed by atoms with E-state index in [4.69, 9.17) is 0 Å². The van der Waals surface area contributed by atoms with E-state index in [-0.39, 0.29) is 35.2 Å². The summed E-state index contributed by atoms with van der Waals surface area (Å²) >= 11 is 0. The van der Waals surface area contributed by atoms with Crippen LogP contribution >= 0.6 is 0 Å². The highest BCUT2D eigenvalue weighted by atomic mass is 19.4. The predicted octanol–water partition coefficient (Wildman–Crippen LogP) is 5.01. The Hall–Kier alpha value is -2.43. The van der Waals surface area contributed by atoms with Crippen molar-refractivity contribution in [2.75, 3.05) is 0 Å². The van der Waals surface area contributed by atoms with E-state index in [2.05, 4.69) is 0 Å². The second-order valence-electron chi connectivity index (χ2n) is 7.83. The molecular formula is C20H17F5N2O. The summed E-state index contributed by atoms with van der Waals surface area (Å²) in [6.07, 6.45) is -0.741. The van der Waals surface area contributed by atoms with E-state index in [1.165, 1.54) is 6.20 Å². The average molecular weight is 396 g/mol. The maximum Gasteiger partial charge on any atom is 0.391 e. The van der Waals surface area contributed by atoms with E-state index >= 15 is 0 Å². The minimum Gasteiger partial charge on any atom is -0.339 e. The average Bonchev–Trinajstić information content (AvgIpc) is 3.45. The van der Waals surface area contributed by atoms with Gasteiger partial charge in [0.15, 0.2) is 11.6 Å². The molecule has 2 saturated carbocycles. The number of alkyl halides is 3. The van der Waals surface area contributed by atoms with Crippen LogP contribution in [0.1, 0.15) is 44.1 Å². The fourth-order valence-corrected chi connectivity index (χ4v) is 4.70. The van der Waals surface area contributed by atoms with Crippen molar-refractivity contribution in [1.82, 2.24) is 4.57 Å². The van der Waals surface area contributed by atoms with Crippen molar-refractivity contribution in [2.24, 2.45) is 11.8 Å². The molecule has 3 nitrogen and oxygen atoms in total. The van der Waals surface area contributed by atoms with Gasteiger partial charge in [-0.25, -0.2) is 8.78 Å². The van der Waals surface area contributed by atoms with Crippen LogP contribution in [-0.4, -0.2) is 10.7 Å². The molecule has 8 heteroatoms. The summed E-state index contributed by atoms with van der Waals surface area (Å²) in [6, 6.07) is 3.53. The number of hydrogen-bond donors (Lipinski definition) is 0. The molecule has 1 heterocycles. The van der Waals surface area contributed by atoms with Crippen molar-refractivity contribution >= 4 is 10.9 Å². The normalized spacial score (nSPS) is 24.1. The van der Waals surface area contributed by atoms with Gasteiger partial charge >= 0.3 is 6.18 Å². The Morgan fingerprint density at radius 3 is 2.21 bits per heavy atom. The second kappa shape index (κ2) is 6.29. The summed E-state index contributed by atoms with van der Waals surface area (Å²) in [5.41, 5.74) is -1.24. The monoisotopic (exact) mass is 396 g/mol. The maximum atomic E-state index is 13.9. The minimum atomic E-state index is -4.21. The highest BCUT2D eigenvalue weighted by Gasteiger charge is 2.53. The molecule has 2 aliphatic carbocycles. The number of hydrogen-bond acceptors (Lipinski definition) is 2. The highest BCUT2D eigenvalue weighted by Crippen LogP contribution is 2.56. The summed E-state index contributed by atoms with van der Waals surface area (Å²) in [6.45, 7) is 0. The van der Waals surface area contributed by atoms with Crippen molar-refractivity contribution in [3.05, 3.63) is 45.8 Å². The van der Waals surface area contributed by atoms with Crippen molar-refractivity contribution in [3.8, 4) is 6.07 Å². The molecule has 0 N–H and O–H groups in total. The van der Waals surface area contributed by atoms with Crippen molar-refractivity contribution < 1.29 is 22.0 Å². The Morgan fingerprint density at radius 2 is 1.68 bits per heavy atom. The van der Waals surface area contributed by atoms with Crippen LogP contribution in [0.3, 0.4) is 0 Å². The molecule has 2 aliphatic rings. The first-order chi connectivity index (χ1) is 13.2. The molecule has 2 fully saturated rings. The van der Waals surface area contributed by atoms with Crippen molar-refractivity contribution in [2.45, 2.75) is 50.2 Å². The van der Waals surface area contributed by atoms with Crippen LogP contribution in [0.15, 0.2) is 23.1 Å². The molecule has 0 bridgehead atoms. The van der Waals surface area contributed by atoms with Crippen molar-refractivity contribution in [1.29, 1.82) is 5.26 Å². The molecule has 148 valence electrons. The molecule has 1 aromatic heterocycles. The molecule has 2 aromatic rings. The Bertz CT molecular complexity index is 1040. The number of fused-ring (bicyclic) bond motifs is 1. The Balaban J connectivity index is 1.79. The Kier molecular flexibility index (Phi) is 4.25. The lowest BCUT2D eigenvalue weighted by atomic mass is 9.76. The number of pyridine rings is 1. The quantitative estimate of drug-likeness (QED) is 0.670. The molecule has 4 rings (SSSR count). The number of rotatable bonds is 2. The lowest BCUT2D eigenvalue weighted by molar-refractivity contribution is -0.185. The predicted molar refractivity (Wildman–Crippen MR) is 91.6 cm³/mol. The Morgan fingerprint density at radius 1 is 1.07 bits per heavy atom. The van der Waals surface area contributed by atoms with Crippen LogP contribution in [0.5, 0.6) is 0 Å².